The second-order valence-corrected chi connectivity index (χ2v) is 4.83. The summed E-state index contributed by atoms with van der Waals surface area (Å²) in [6.07, 6.45) is 4.43. The van der Waals surface area contributed by atoms with Crippen molar-refractivity contribution >= 4 is 11.5 Å². The summed E-state index contributed by atoms with van der Waals surface area (Å²) >= 11 is 0. The predicted octanol–water partition coefficient (Wildman–Crippen LogP) is 1.65. The zero-order valence-corrected chi connectivity index (χ0v) is 11.0. The number of hydrogen-bond acceptors (Lipinski definition) is 4. The van der Waals surface area contributed by atoms with E-state index in [1.165, 1.54) is 18.5 Å². The highest BCUT2D eigenvalue weighted by atomic mass is 15.2. The lowest BCUT2D eigenvalue weighted by Gasteiger charge is -2.36. The van der Waals surface area contributed by atoms with Crippen molar-refractivity contribution in [3.8, 4) is 0 Å². The molecule has 0 aliphatic carbocycles. The number of nitrogens with one attached hydrogen (secondary N) is 1. The number of anilines is 2. The molecule has 0 spiro atoms. The van der Waals surface area contributed by atoms with Crippen LogP contribution < -0.4 is 10.2 Å². The van der Waals surface area contributed by atoms with Gasteiger partial charge in [-0.25, -0.2) is 4.98 Å². The largest absolute Gasteiger partial charge is 0.373 e. The minimum atomic E-state index is 0.732. The summed E-state index contributed by atoms with van der Waals surface area (Å²) in [7, 11) is 6.23. The van der Waals surface area contributed by atoms with Gasteiger partial charge in [-0.2, -0.15) is 0 Å². The van der Waals surface area contributed by atoms with Gasteiger partial charge in [0, 0.05) is 26.2 Å². The second-order valence-electron chi connectivity index (χ2n) is 4.83. The summed E-state index contributed by atoms with van der Waals surface area (Å²) in [6, 6.07) is 4.91. The normalized spacial score (nSPS) is 17.5. The summed E-state index contributed by atoms with van der Waals surface area (Å²) in [4.78, 5) is 9.12. The Morgan fingerprint density at radius 3 is 2.47 bits per heavy atom. The zero-order chi connectivity index (χ0) is 12.3. The molecule has 0 aromatic carbocycles. The Hall–Kier alpha value is -1.29. The van der Waals surface area contributed by atoms with Gasteiger partial charge in [-0.3, -0.25) is 0 Å². The van der Waals surface area contributed by atoms with Crippen molar-refractivity contribution < 1.29 is 0 Å². The summed E-state index contributed by atoms with van der Waals surface area (Å²) < 4.78 is 0. The van der Waals surface area contributed by atoms with Crippen LogP contribution in [0.15, 0.2) is 18.3 Å². The Morgan fingerprint density at radius 2 is 2.00 bits per heavy atom. The fourth-order valence-corrected chi connectivity index (χ4v) is 2.36. The van der Waals surface area contributed by atoms with Crippen LogP contribution in [-0.4, -0.2) is 50.2 Å². The standard InChI is InChI=1S/C13H22N4/c1-14-13-5-4-12(10-15-13)17-8-6-11(7-9-17)16(2)3/h4-5,10-11H,6-9H2,1-3H3,(H,14,15). The molecule has 0 amide bonds. The lowest BCUT2D eigenvalue weighted by molar-refractivity contribution is 0.249. The fourth-order valence-electron chi connectivity index (χ4n) is 2.36. The summed E-state index contributed by atoms with van der Waals surface area (Å²) in [5.74, 6) is 0.928. The molecule has 1 N–H and O–H groups in total. The van der Waals surface area contributed by atoms with E-state index in [4.69, 9.17) is 0 Å². The molecule has 0 bridgehead atoms. The van der Waals surface area contributed by atoms with Gasteiger partial charge in [-0.15, -0.1) is 0 Å². The summed E-state index contributed by atoms with van der Waals surface area (Å²) in [5, 5.41) is 3.04. The Balaban J connectivity index is 1.95. The average Bonchev–Trinajstić information content (AvgIpc) is 2.39. The van der Waals surface area contributed by atoms with Crippen LogP contribution in [0.4, 0.5) is 11.5 Å². The molecule has 1 fully saturated rings. The van der Waals surface area contributed by atoms with Crippen LogP contribution in [0.25, 0.3) is 0 Å². The molecule has 0 unspecified atom stereocenters. The van der Waals surface area contributed by atoms with Gasteiger partial charge in [0.15, 0.2) is 0 Å². The summed E-state index contributed by atoms with van der Waals surface area (Å²) in [5.41, 5.74) is 1.24. The molecular weight excluding hydrogens is 212 g/mol. The third-order valence-corrected chi connectivity index (χ3v) is 3.56. The Bertz CT molecular complexity index is 339. The van der Waals surface area contributed by atoms with Crippen LogP contribution >= 0.6 is 0 Å². The average molecular weight is 234 g/mol. The van der Waals surface area contributed by atoms with Crippen molar-refractivity contribution in [1.29, 1.82) is 0 Å². The number of piperidine rings is 1. The number of nitrogens with zero attached hydrogens (tertiary/aromatic N) is 3. The molecule has 94 valence electrons. The van der Waals surface area contributed by atoms with Crippen molar-refractivity contribution in [2.75, 3.05) is 44.4 Å². The molecule has 1 aromatic heterocycles. The van der Waals surface area contributed by atoms with Gasteiger partial charge in [0.25, 0.3) is 0 Å². The van der Waals surface area contributed by atoms with Gasteiger partial charge in [0.05, 0.1) is 11.9 Å². The highest BCUT2D eigenvalue weighted by Gasteiger charge is 2.20. The van der Waals surface area contributed by atoms with E-state index in [1.54, 1.807) is 0 Å². The zero-order valence-electron chi connectivity index (χ0n) is 11.0. The molecule has 1 aliphatic heterocycles. The van der Waals surface area contributed by atoms with Gasteiger partial charge < -0.3 is 15.1 Å². The fraction of sp³-hybridized carbons (Fsp3) is 0.615. The monoisotopic (exact) mass is 234 g/mol. The Morgan fingerprint density at radius 1 is 1.29 bits per heavy atom. The molecule has 4 nitrogen and oxygen atoms in total. The van der Waals surface area contributed by atoms with Crippen LogP contribution in [0.5, 0.6) is 0 Å². The Kier molecular flexibility index (Phi) is 3.84. The van der Waals surface area contributed by atoms with E-state index in [1.807, 2.05) is 19.3 Å². The third-order valence-electron chi connectivity index (χ3n) is 3.56. The SMILES string of the molecule is CNc1ccc(N2CCC(N(C)C)CC2)cn1. The van der Waals surface area contributed by atoms with Crippen molar-refractivity contribution in [2.24, 2.45) is 0 Å². The molecule has 0 saturated carbocycles. The van der Waals surface area contributed by atoms with Gasteiger partial charge in [0.1, 0.15) is 5.82 Å². The van der Waals surface area contributed by atoms with E-state index < -0.39 is 0 Å². The summed E-state index contributed by atoms with van der Waals surface area (Å²) in [6.45, 7) is 2.26. The van der Waals surface area contributed by atoms with Crippen molar-refractivity contribution in [1.82, 2.24) is 9.88 Å². The van der Waals surface area contributed by atoms with Gasteiger partial charge >= 0.3 is 0 Å². The highest BCUT2D eigenvalue weighted by molar-refractivity contribution is 5.49. The van der Waals surface area contributed by atoms with E-state index in [0.29, 0.717) is 0 Å². The lowest BCUT2D eigenvalue weighted by Crippen LogP contribution is -2.42. The molecule has 1 aliphatic rings. The van der Waals surface area contributed by atoms with Crippen LogP contribution in [0.3, 0.4) is 0 Å². The van der Waals surface area contributed by atoms with E-state index in [9.17, 15) is 0 Å². The maximum atomic E-state index is 4.36. The smallest absolute Gasteiger partial charge is 0.125 e. The third kappa shape index (κ3) is 2.88. The van der Waals surface area contributed by atoms with Crippen molar-refractivity contribution in [2.45, 2.75) is 18.9 Å². The topological polar surface area (TPSA) is 31.4 Å². The van der Waals surface area contributed by atoms with Gasteiger partial charge in [-0.1, -0.05) is 0 Å². The lowest BCUT2D eigenvalue weighted by atomic mass is 10.0. The number of hydrogen-bond donors (Lipinski definition) is 1. The first-order chi connectivity index (χ1) is 8.20. The van der Waals surface area contributed by atoms with Gasteiger partial charge in [-0.05, 0) is 39.1 Å². The van der Waals surface area contributed by atoms with Crippen LogP contribution in [0.1, 0.15) is 12.8 Å². The number of rotatable bonds is 3. The molecule has 0 radical (unpaired) electrons. The highest BCUT2D eigenvalue weighted by Crippen LogP contribution is 2.21. The molecule has 1 aromatic rings. The van der Waals surface area contributed by atoms with Gasteiger partial charge in [0.2, 0.25) is 0 Å². The molecule has 0 atom stereocenters. The van der Waals surface area contributed by atoms with E-state index in [2.05, 4.69) is 40.3 Å². The van der Waals surface area contributed by atoms with Crippen LogP contribution in [0, 0.1) is 0 Å². The molecule has 4 heteroatoms. The Labute approximate surface area is 104 Å². The first-order valence-corrected chi connectivity index (χ1v) is 6.26. The first kappa shape index (κ1) is 12.2. The maximum absolute atomic E-state index is 4.36. The molecule has 1 saturated heterocycles. The first-order valence-electron chi connectivity index (χ1n) is 6.26. The van der Waals surface area contributed by atoms with E-state index in [0.717, 1.165) is 24.9 Å². The number of pyridine rings is 1. The second kappa shape index (κ2) is 5.36. The molecule has 2 rings (SSSR count). The minimum Gasteiger partial charge on any atom is -0.373 e. The molecule has 17 heavy (non-hydrogen) atoms. The van der Waals surface area contributed by atoms with Crippen LogP contribution in [0.2, 0.25) is 0 Å². The quantitative estimate of drug-likeness (QED) is 0.862. The maximum Gasteiger partial charge on any atom is 0.125 e. The molecular formula is C13H22N4. The predicted molar refractivity (Wildman–Crippen MR) is 72.7 cm³/mol. The van der Waals surface area contributed by atoms with Crippen molar-refractivity contribution in [3.05, 3.63) is 18.3 Å². The van der Waals surface area contributed by atoms with Crippen molar-refractivity contribution in [3.63, 3.8) is 0 Å². The van der Waals surface area contributed by atoms with E-state index in [-0.39, 0.29) is 0 Å². The minimum absolute atomic E-state index is 0.732. The molecule has 2 heterocycles. The number of aromatic nitrogens is 1. The van der Waals surface area contributed by atoms with E-state index >= 15 is 0 Å². The van der Waals surface area contributed by atoms with Crippen LogP contribution in [-0.2, 0) is 0 Å².